The SMILES string of the molecule is OCC(F)(F)CNc1ccncn1. The van der Waals surface area contributed by atoms with Crippen LogP contribution in [0.2, 0.25) is 0 Å². The number of alkyl halides is 2. The fourth-order valence-electron chi connectivity index (χ4n) is 0.671. The maximum absolute atomic E-state index is 12.5. The number of anilines is 1. The molecule has 0 spiro atoms. The van der Waals surface area contributed by atoms with Crippen LogP contribution in [0.25, 0.3) is 0 Å². The molecular weight excluding hydrogens is 180 g/mol. The number of aromatic nitrogens is 2. The third-order valence-electron chi connectivity index (χ3n) is 1.34. The van der Waals surface area contributed by atoms with Gasteiger partial charge in [-0.25, -0.2) is 18.7 Å². The predicted molar refractivity (Wildman–Crippen MR) is 42.6 cm³/mol. The third kappa shape index (κ3) is 3.29. The summed E-state index contributed by atoms with van der Waals surface area (Å²) in [7, 11) is 0. The van der Waals surface area contributed by atoms with E-state index in [0.29, 0.717) is 5.82 Å². The molecule has 0 unspecified atom stereocenters. The molecule has 0 bridgehead atoms. The smallest absolute Gasteiger partial charge is 0.287 e. The summed E-state index contributed by atoms with van der Waals surface area (Å²) in [5, 5.41) is 10.6. The molecule has 0 saturated carbocycles. The Labute approximate surface area is 73.6 Å². The second-order valence-electron chi connectivity index (χ2n) is 2.46. The minimum absolute atomic E-state index is 0.308. The summed E-state index contributed by atoms with van der Waals surface area (Å²) in [4.78, 5) is 7.30. The van der Waals surface area contributed by atoms with Gasteiger partial charge >= 0.3 is 0 Å². The molecule has 0 radical (unpaired) electrons. The van der Waals surface area contributed by atoms with Gasteiger partial charge in [-0.2, -0.15) is 0 Å². The standard InChI is InChI=1S/C7H9F2N3O/c8-7(9,4-13)3-11-6-1-2-10-5-12-6/h1-2,5,13H,3-4H2,(H,10,11,12). The first-order valence-corrected chi connectivity index (χ1v) is 3.63. The van der Waals surface area contributed by atoms with Crippen molar-refractivity contribution < 1.29 is 13.9 Å². The van der Waals surface area contributed by atoms with E-state index in [1.54, 1.807) is 0 Å². The van der Waals surface area contributed by atoms with Gasteiger partial charge in [0.25, 0.3) is 5.92 Å². The van der Waals surface area contributed by atoms with Gasteiger partial charge < -0.3 is 10.4 Å². The molecule has 0 aliphatic carbocycles. The van der Waals surface area contributed by atoms with E-state index >= 15 is 0 Å². The lowest BCUT2D eigenvalue weighted by Gasteiger charge is -2.13. The Morgan fingerprint density at radius 1 is 1.54 bits per heavy atom. The predicted octanol–water partition coefficient (Wildman–Crippen LogP) is 0.516. The lowest BCUT2D eigenvalue weighted by molar-refractivity contribution is -0.0373. The largest absolute Gasteiger partial charge is 0.390 e. The molecule has 1 aromatic rings. The van der Waals surface area contributed by atoms with Crippen LogP contribution >= 0.6 is 0 Å². The van der Waals surface area contributed by atoms with Crippen molar-refractivity contribution in [3.8, 4) is 0 Å². The van der Waals surface area contributed by atoms with Crippen LogP contribution in [0.3, 0.4) is 0 Å². The summed E-state index contributed by atoms with van der Waals surface area (Å²) in [5.41, 5.74) is 0. The quantitative estimate of drug-likeness (QED) is 0.724. The number of aliphatic hydroxyl groups is 1. The van der Waals surface area contributed by atoms with E-state index in [9.17, 15) is 8.78 Å². The number of nitrogens with one attached hydrogen (secondary N) is 1. The van der Waals surface area contributed by atoms with Gasteiger partial charge in [0.2, 0.25) is 0 Å². The monoisotopic (exact) mass is 189 g/mol. The molecule has 0 atom stereocenters. The Hall–Kier alpha value is -1.30. The highest BCUT2D eigenvalue weighted by molar-refractivity contribution is 5.31. The Morgan fingerprint density at radius 3 is 2.85 bits per heavy atom. The van der Waals surface area contributed by atoms with Crippen molar-refractivity contribution in [2.75, 3.05) is 18.5 Å². The molecule has 0 saturated heterocycles. The second-order valence-corrected chi connectivity index (χ2v) is 2.46. The summed E-state index contributed by atoms with van der Waals surface area (Å²) in [6, 6.07) is 1.47. The highest BCUT2D eigenvalue weighted by Crippen LogP contribution is 2.12. The van der Waals surface area contributed by atoms with Gasteiger partial charge in [0, 0.05) is 6.20 Å². The number of nitrogens with zero attached hydrogens (tertiary/aromatic N) is 2. The molecule has 0 aromatic carbocycles. The Kier molecular flexibility index (Phi) is 3.07. The van der Waals surface area contributed by atoms with Crippen LogP contribution in [0, 0.1) is 0 Å². The molecule has 6 heteroatoms. The summed E-state index contributed by atoms with van der Waals surface area (Å²) in [5.74, 6) is -2.81. The Balaban J connectivity index is 2.44. The number of rotatable bonds is 4. The van der Waals surface area contributed by atoms with E-state index in [0.717, 1.165) is 0 Å². The Bertz CT molecular complexity index is 255. The zero-order chi connectivity index (χ0) is 9.73. The van der Waals surface area contributed by atoms with Gasteiger partial charge in [-0.15, -0.1) is 0 Å². The zero-order valence-electron chi connectivity index (χ0n) is 6.74. The molecule has 13 heavy (non-hydrogen) atoms. The van der Waals surface area contributed by atoms with Crippen LogP contribution < -0.4 is 5.32 Å². The average molecular weight is 189 g/mol. The summed E-state index contributed by atoms with van der Waals surface area (Å²) in [6.07, 6.45) is 2.69. The van der Waals surface area contributed by atoms with E-state index < -0.39 is 19.1 Å². The van der Waals surface area contributed by atoms with Crippen LogP contribution in [0.1, 0.15) is 0 Å². The maximum atomic E-state index is 12.5. The fourth-order valence-corrected chi connectivity index (χ4v) is 0.671. The van der Waals surface area contributed by atoms with Crippen LogP contribution in [0.4, 0.5) is 14.6 Å². The number of aliphatic hydroxyl groups excluding tert-OH is 1. The molecule has 4 nitrogen and oxygen atoms in total. The normalized spacial score (nSPS) is 11.3. The molecule has 0 aliphatic heterocycles. The number of halogens is 2. The lowest BCUT2D eigenvalue weighted by atomic mass is 10.3. The first kappa shape index (κ1) is 9.79. The molecule has 1 heterocycles. The molecule has 72 valence electrons. The fraction of sp³-hybridized carbons (Fsp3) is 0.429. The minimum atomic E-state index is -3.12. The third-order valence-corrected chi connectivity index (χ3v) is 1.34. The van der Waals surface area contributed by atoms with Gasteiger partial charge in [0.05, 0.1) is 6.54 Å². The van der Waals surface area contributed by atoms with Crippen LogP contribution in [-0.2, 0) is 0 Å². The van der Waals surface area contributed by atoms with Gasteiger partial charge in [-0.1, -0.05) is 0 Å². The molecular formula is C7H9F2N3O. The molecule has 1 aromatic heterocycles. The lowest BCUT2D eigenvalue weighted by Crippen LogP contribution is -2.31. The van der Waals surface area contributed by atoms with Gasteiger partial charge in [-0.3, -0.25) is 0 Å². The molecule has 0 aliphatic rings. The average Bonchev–Trinajstić information content (AvgIpc) is 2.17. The van der Waals surface area contributed by atoms with Crippen molar-refractivity contribution in [1.82, 2.24) is 9.97 Å². The summed E-state index contributed by atoms with van der Waals surface area (Å²) in [6.45, 7) is -1.81. The van der Waals surface area contributed by atoms with E-state index in [1.807, 2.05) is 0 Å². The topological polar surface area (TPSA) is 58.0 Å². The summed E-state index contributed by atoms with van der Waals surface area (Å²) < 4.78 is 25.0. The Morgan fingerprint density at radius 2 is 2.31 bits per heavy atom. The van der Waals surface area contributed by atoms with E-state index in [4.69, 9.17) is 5.11 Å². The van der Waals surface area contributed by atoms with Crippen molar-refractivity contribution in [3.05, 3.63) is 18.6 Å². The summed E-state index contributed by atoms with van der Waals surface area (Å²) >= 11 is 0. The van der Waals surface area contributed by atoms with Crippen molar-refractivity contribution in [2.24, 2.45) is 0 Å². The van der Waals surface area contributed by atoms with Crippen LogP contribution in [-0.4, -0.2) is 34.1 Å². The minimum Gasteiger partial charge on any atom is -0.390 e. The van der Waals surface area contributed by atoms with Crippen molar-refractivity contribution in [2.45, 2.75) is 5.92 Å². The van der Waals surface area contributed by atoms with Crippen molar-refractivity contribution in [3.63, 3.8) is 0 Å². The van der Waals surface area contributed by atoms with Gasteiger partial charge in [-0.05, 0) is 6.07 Å². The van der Waals surface area contributed by atoms with Crippen LogP contribution in [0.5, 0.6) is 0 Å². The molecule has 2 N–H and O–H groups in total. The van der Waals surface area contributed by atoms with Crippen LogP contribution in [0.15, 0.2) is 18.6 Å². The molecule has 0 amide bonds. The number of hydrogen-bond acceptors (Lipinski definition) is 4. The first-order valence-electron chi connectivity index (χ1n) is 3.63. The van der Waals surface area contributed by atoms with E-state index in [-0.39, 0.29) is 0 Å². The molecule has 0 fully saturated rings. The highest BCUT2D eigenvalue weighted by Gasteiger charge is 2.27. The van der Waals surface area contributed by atoms with E-state index in [2.05, 4.69) is 15.3 Å². The van der Waals surface area contributed by atoms with Gasteiger partial charge in [0.15, 0.2) is 0 Å². The maximum Gasteiger partial charge on any atom is 0.287 e. The van der Waals surface area contributed by atoms with Gasteiger partial charge in [0.1, 0.15) is 18.8 Å². The zero-order valence-corrected chi connectivity index (χ0v) is 6.74. The molecule has 1 rings (SSSR count). The highest BCUT2D eigenvalue weighted by atomic mass is 19.3. The van der Waals surface area contributed by atoms with Crippen molar-refractivity contribution in [1.29, 1.82) is 0 Å². The van der Waals surface area contributed by atoms with Crippen molar-refractivity contribution >= 4 is 5.82 Å². The number of hydrogen-bond donors (Lipinski definition) is 2. The first-order chi connectivity index (χ1) is 6.14. The second kappa shape index (κ2) is 4.08. The van der Waals surface area contributed by atoms with E-state index in [1.165, 1.54) is 18.6 Å².